The smallest absolute Gasteiger partial charge is 0.119 e. The zero-order chi connectivity index (χ0) is 30.7. The van der Waals surface area contributed by atoms with Crippen molar-refractivity contribution in [3.8, 4) is 5.75 Å². The minimum atomic E-state index is 0.535. The minimum Gasteiger partial charge on any atom is -0.491 e. The van der Waals surface area contributed by atoms with Gasteiger partial charge in [-0.25, -0.2) is 0 Å². The van der Waals surface area contributed by atoms with Gasteiger partial charge in [0, 0.05) is 6.61 Å². The van der Waals surface area contributed by atoms with E-state index >= 15 is 0 Å². The predicted octanol–water partition coefficient (Wildman–Crippen LogP) is 7.06. The Morgan fingerprint density at radius 2 is 0.698 bits per heavy atom. The zero-order valence-corrected chi connectivity index (χ0v) is 27.7. The summed E-state index contributed by atoms with van der Waals surface area (Å²) in [6, 6.07) is 8.46. The number of benzene rings is 1. The van der Waals surface area contributed by atoms with Crippen LogP contribution in [0.25, 0.3) is 0 Å². The first-order valence-electron chi connectivity index (χ1n) is 17.1. The number of aryl methyl sites for hydroxylation is 1. The van der Waals surface area contributed by atoms with Gasteiger partial charge in [-0.3, -0.25) is 0 Å². The molecule has 0 fully saturated rings. The van der Waals surface area contributed by atoms with E-state index in [2.05, 4.69) is 38.1 Å². The predicted molar refractivity (Wildman–Crippen MR) is 174 cm³/mol. The summed E-state index contributed by atoms with van der Waals surface area (Å²) < 4.78 is 44.5. The van der Waals surface area contributed by atoms with E-state index in [9.17, 15) is 0 Å². The molecule has 0 unspecified atom stereocenters. The summed E-state index contributed by atoms with van der Waals surface area (Å²) in [5.41, 5.74) is 1.38. The highest BCUT2D eigenvalue weighted by Gasteiger charge is 1.99. The number of rotatable bonds is 35. The molecule has 43 heavy (non-hydrogen) atoms. The Morgan fingerprint density at radius 1 is 0.349 bits per heavy atom. The fourth-order valence-corrected chi connectivity index (χ4v) is 4.31. The third-order valence-corrected chi connectivity index (χ3v) is 6.86. The molecule has 1 aromatic carbocycles. The van der Waals surface area contributed by atoms with Crippen LogP contribution in [0.5, 0.6) is 5.75 Å². The highest BCUT2D eigenvalue weighted by atomic mass is 16.6. The van der Waals surface area contributed by atoms with Crippen molar-refractivity contribution in [1.82, 2.24) is 0 Å². The summed E-state index contributed by atoms with van der Waals surface area (Å²) in [6.07, 6.45) is 15.4. The Hall–Kier alpha value is -1.26. The van der Waals surface area contributed by atoms with E-state index < -0.39 is 0 Å². The number of unbranched alkanes of at least 4 members (excludes halogenated alkanes) is 9. The first kappa shape index (κ1) is 39.8. The summed E-state index contributed by atoms with van der Waals surface area (Å²) in [5, 5.41) is 0. The van der Waals surface area contributed by atoms with E-state index in [0.717, 1.165) is 25.2 Å². The third-order valence-electron chi connectivity index (χ3n) is 6.86. The Bertz CT molecular complexity index is 658. The Labute approximate surface area is 263 Å². The van der Waals surface area contributed by atoms with Crippen LogP contribution in [0.2, 0.25) is 0 Å². The van der Waals surface area contributed by atoms with E-state index in [4.69, 9.17) is 37.9 Å². The Balaban J connectivity index is 1.72. The van der Waals surface area contributed by atoms with Crippen LogP contribution >= 0.6 is 0 Å². The van der Waals surface area contributed by atoms with Crippen LogP contribution in [-0.2, 0) is 39.6 Å². The molecule has 1 aromatic rings. The monoisotopic (exact) mass is 612 g/mol. The second-order valence-electron chi connectivity index (χ2n) is 10.7. The highest BCUT2D eigenvalue weighted by Crippen LogP contribution is 2.15. The molecule has 8 nitrogen and oxygen atoms in total. The van der Waals surface area contributed by atoms with Gasteiger partial charge >= 0.3 is 0 Å². The average Bonchev–Trinajstić information content (AvgIpc) is 3.03. The van der Waals surface area contributed by atoms with Crippen molar-refractivity contribution in [3.63, 3.8) is 0 Å². The van der Waals surface area contributed by atoms with E-state index in [1.54, 1.807) is 0 Å². The van der Waals surface area contributed by atoms with Gasteiger partial charge in [-0.1, -0.05) is 83.8 Å². The van der Waals surface area contributed by atoms with E-state index in [1.807, 2.05) is 0 Å². The van der Waals surface area contributed by atoms with Gasteiger partial charge in [0.05, 0.1) is 85.9 Å². The lowest BCUT2D eigenvalue weighted by molar-refractivity contribution is -0.0213. The topological polar surface area (TPSA) is 73.8 Å². The van der Waals surface area contributed by atoms with Crippen LogP contribution in [0.1, 0.15) is 90.0 Å². The molecule has 0 radical (unpaired) electrons. The average molecular weight is 613 g/mol. The lowest BCUT2D eigenvalue weighted by Crippen LogP contribution is -2.15. The molecule has 8 heteroatoms. The van der Waals surface area contributed by atoms with Crippen molar-refractivity contribution in [2.24, 2.45) is 0 Å². The van der Waals surface area contributed by atoms with Crippen molar-refractivity contribution >= 4 is 0 Å². The molecule has 0 aliphatic rings. The molecule has 0 atom stereocenters. The zero-order valence-electron chi connectivity index (χ0n) is 27.7. The van der Waals surface area contributed by atoms with Gasteiger partial charge in [-0.05, 0) is 37.0 Å². The maximum atomic E-state index is 5.77. The van der Waals surface area contributed by atoms with Gasteiger partial charge in [-0.15, -0.1) is 0 Å². The van der Waals surface area contributed by atoms with Crippen molar-refractivity contribution < 1.29 is 37.9 Å². The van der Waals surface area contributed by atoms with Gasteiger partial charge in [0.1, 0.15) is 12.4 Å². The summed E-state index contributed by atoms with van der Waals surface area (Å²) in [7, 11) is 0. The molecular formula is C35H64O8. The van der Waals surface area contributed by atoms with Crippen molar-refractivity contribution in [2.75, 3.05) is 99.1 Å². The maximum absolute atomic E-state index is 5.77. The third kappa shape index (κ3) is 29.2. The Kier molecular flexibility index (Phi) is 31.1. The molecule has 0 saturated heterocycles. The maximum Gasteiger partial charge on any atom is 0.119 e. The molecule has 0 aromatic heterocycles. The second kappa shape index (κ2) is 33.6. The SMILES string of the molecule is CCCCCCCCc1ccc(OCCOCCOCCOCCOCCOCCOCCOCCCCCCC)cc1. The van der Waals surface area contributed by atoms with E-state index in [0.29, 0.717) is 92.5 Å². The van der Waals surface area contributed by atoms with E-state index in [1.165, 1.54) is 69.8 Å². The second-order valence-corrected chi connectivity index (χ2v) is 10.7. The molecule has 0 aliphatic carbocycles. The quantitative estimate of drug-likeness (QED) is 0.0755. The summed E-state index contributed by atoms with van der Waals surface area (Å²) in [5.74, 6) is 0.894. The van der Waals surface area contributed by atoms with Gasteiger partial charge in [0.15, 0.2) is 0 Å². The molecule has 252 valence electrons. The number of hydrogen-bond donors (Lipinski definition) is 0. The first-order chi connectivity index (χ1) is 21.4. The van der Waals surface area contributed by atoms with Crippen molar-refractivity contribution in [1.29, 1.82) is 0 Å². The molecule has 0 saturated carbocycles. The van der Waals surface area contributed by atoms with Crippen LogP contribution in [0.3, 0.4) is 0 Å². The van der Waals surface area contributed by atoms with Crippen LogP contribution in [0, 0.1) is 0 Å². The minimum absolute atomic E-state index is 0.535. The molecular weight excluding hydrogens is 548 g/mol. The van der Waals surface area contributed by atoms with Gasteiger partial charge in [0.2, 0.25) is 0 Å². The molecule has 0 aliphatic heterocycles. The molecule has 0 spiro atoms. The van der Waals surface area contributed by atoms with Crippen LogP contribution < -0.4 is 4.74 Å². The molecule has 0 amide bonds. The largest absolute Gasteiger partial charge is 0.491 e. The van der Waals surface area contributed by atoms with Crippen LogP contribution in [0.4, 0.5) is 0 Å². The van der Waals surface area contributed by atoms with Gasteiger partial charge in [-0.2, -0.15) is 0 Å². The number of hydrogen-bond acceptors (Lipinski definition) is 8. The summed E-state index contributed by atoms with van der Waals surface area (Å²) in [6.45, 7) is 13.2. The fourth-order valence-electron chi connectivity index (χ4n) is 4.31. The summed E-state index contributed by atoms with van der Waals surface area (Å²) in [4.78, 5) is 0. The highest BCUT2D eigenvalue weighted by molar-refractivity contribution is 5.27. The summed E-state index contributed by atoms with van der Waals surface area (Å²) >= 11 is 0. The van der Waals surface area contributed by atoms with Crippen molar-refractivity contribution in [3.05, 3.63) is 29.8 Å². The molecule has 0 bridgehead atoms. The molecule has 1 rings (SSSR count). The van der Waals surface area contributed by atoms with Gasteiger partial charge < -0.3 is 37.9 Å². The van der Waals surface area contributed by atoms with E-state index in [-0.39, 0.29) is 0 Å². The molecule has 0 heterocycles. The normalized spacial score (nSPS) is 11.4. The van der Waals surface area contributed by atoms with Gasteiger partial charge in [0.25, 0.3) is 0 Å². The van der Waals surface area contributed by atoms with Crippen LogP contribution in [0.15, 0.2) is 24.3 Å². The Morgan fingerprint density at radius 3 is 1.14 bits per heavy atom. The standard InChI is InChI=1S/C35H64O8/c1-3-5-7-9-10-12-14-34-15-17-35(18-16-34)43-33-32-42-31-30-41-29-28-40-27-26-39-25-24-38-23-22-37-21-20-36-19-13-11-8-6-4-2/h15-18H,3-14,19-33H2,1-2H3. The molecule has 0 N–H and O–H groups in total. The van der Waals surface area contributed by atoms with Crippen LogP contribution in [-0.4, -0.2) is 99.1 Å². The van der Waals surface area contributed by atoms with Crippen molar-refractivity contribution in [2.45, 2.75) is 90.9 Å². The lowest BCUT2D eigenvalue weighted by Gasteiger charge is -2.09. The lowest BCUT2D eigenvalue weighted by atomic mass is 10.0. The fraction of sp³-hybridized carbons (Fsp3) is 0.829. The number of ether oxygens (including phenoxy) is 8. The first-order valence-corrected chi connectivity index (χ1v) is 17.1.